The van der Waals surface area contributed by atoms with Gasteiger partial charge in [0.2, 0.25) is 5.95 Å². The van der Waals surface area contributed by atoms with E-state index in [-0.39, 0.29) is 5.92 Å². The molecule has 0 fully saturated rings. The molecule has 8 heteroatoms. The first-order chi connectivity index (χ1) is 9.01. The summed E-state index contributed by atoms with van der Waals surface area (Å²) in [5, 5.41) is 7.98. The van der Waals surface area contributed by atoms with Crippen LogP contribution in [0.3, 0.4) is 0 Å². The molecule has 2 rings (SSSR count). The zero-order valence-corrected chi connectivity index (χ0v) is 11.7. The second-order valence-electron chi connectivity index (χ2n) is 4.42. The minimum absolute atomic E-state index is 0.288. The van der Waals surface area contributed by atoms with Crippen molar-refractivity contribution in [3.8, 4) is 0 Å². The Morgan fingerprint density at radius 2 is 2.16 bits per heavy atom. The van der Waals surface area contributed by atoms with Crippen LogP contribution in [0.25, 0.3) is 0 Å². The molecule has 0 saturated carbocycles. The summed E-state index contributed by atoms with van der Waals surface area (Å²) in [7, 11) is 1.87. The van der Waals surface area contributed by atoms with Gasteiger partial charge in [0.1, 0.15) is 5.02 Å². The average Bonchev–Trinajstić information content (AvgIpc) is 2.73. The Labute approximate surface area is 116 Å². The Morgan fingerprint density at radius 3 is 2.79 bits per heavy atom. The number of hydrogen-bond acceptors (Lipinski definition) is 6. The normalized spacial score (nSPS) is 10.8. The van der Waals surface area contributed by atoms with Crippen LogP contribution in [0.4, 0.5) is 17.5 Å². The molecule has 0 spiro atoms. The van der Waals surface area contributed by atoms with E-state index >= 15 is 0 Å². The molecule has 19 heavy (non-hydrogen) atoms. The minimum Gasteiger partial charge on any atom is -0.336 e. The van der Waals surface area contributed by atoms with Crippen LogP contribution < -0.4 is 16.6 Å². The largest absolute Gasteiger partial charge is 0.336 e. The molecule has 0 saturated heterocycles. The van der Waals surface area contributed by atoms with E-state index in [1.165, 1.54) is 6.20 Å². The number of halogens is 1. The molecular formula is C11H16ClN7. The van der Waals surface area contributed by atoms with Gasteiger partial charge in [-0.3, -0.25) is 10.1 Å². The van der Waals surface area contributed by atoms with Crippen molar-refractivity contribution in [1.82, 2.24) is 19.7 Å². The highest BCUT2D eigenvalue weighted by Crippen LogP contribution is 2.28. The lowest BCUT2D eigenvalue weighted by Gasteiger charge is -2.09. The van der Waals surface area contributed by atoms with Crippen LogP contribution in [0.15, 0.2) is 12.4 Å². The van der Waals surface area contributed by atoms with E-state index in [1.807, 2.05) is 13.2 Å². The summed E-state index contributed by atoms with van der Waals surface area (Å²) in [6.07, 6.45) is 3.36. The molecule has 0 aliphatic rings. The first-order valence-electron chi connectivity index (χ1n) is 5.81. The van der Waals surface area contributed by atoms with Crippen LogP contribution in [-0.4, -0.2) is 19.7 Å². The van der Waals surface area contributed by atoms with Crippen molar-refractivity contribution in [3.63, 3.8) is 0 Å². The maximum absolute atomic E-state index is 6.06. The molecule has 2 heterocycles. The van der Waals surface area contributed by atoms with Crippen molar-refractivity contribution in [2.45, 2.75) is 19.8 Å². The van der Waals surface area contributed by atoms with E-state index in [4.69, 9.17) is 17.4 Å². The minimum atomic E-state index is 0.288. The number of rotatable bonds is 4. The van der Waals surface area contributed by atoms with Crippen molar-refractivity contribution < 1.29 is 0 Å². The number of aromatic nitrogens is 4. The molecule has 4 N–H and O–H groups in total. The van der Waals surface area contributed by atoms with E-state index < -0.39 is 0 Å². The fourth-order valence-corrected chi connectivity index (χ4v) is 1.82. The first kappa shape index (κ1) is 13.6. The second-order valence-corrected chi connectivity index (χ2v) is 4.82. The third-order valence-electron chi connectivity index (χ3n) is 2.53. The fraction of sp³-hybridized carbons (Fsp3) is 0.364. The third kappa shape index (κ3) is 2.94. The number of aryl methyl sites for hydroxylation is 1. The third-order valence-corrected chi connectivity index (χ3v) is 2.81. The monoisotopic (exact) mass is 281 g/mol. The van der Waals surface area contributed by atoms with Crippen molar-refractivity contribution >= 4 is 29.1 Å². The Bertz CT molecular complexity index is 578. The molecule has 2 aromatic heterocycles. The maximum atomic E-state index is 6.06. The molecular weight excluding hydrogens is 266 g/mol. The maximum Gasteiger partial charge on any atom is 0.239 e. The number of hydrogen-bond donors (Lipinski definition) is 3. The van der Waals surface area contributed by atoms with Gasteiger partial charge in [0.15, 0.2) is 5.82 Å². The highest BCUT2D eigenvalue weighted by molar-refractivity contribution is 6.32. The molecule has 0 aromatic carbocycles. The zero-order valence-electron chi connectivity index (χ0n) is 11.0. The molecule has 0 aliphatic heterocycles. The number of nitrogens with zero attached hydrogens (tertiary/aromatic N) is 4. The van der Waals surface area contributed by atoms with Gasteiger partial charge in [-0.15, -0.1) is 0 Å². The molecule has 102 valence electrons. The molecule has 0 aliphatic carbocycles. The summed E-state index contributed by atoms with van der Waals surface area (Å²) in [5.74, 6) is 6.35. The summed E-state index contributed by atoms with van der Waals surface area (Å²) >= 11 is 6.06. The Hall–Kier alpha value is -1.86. The fourth-order valence-electron chi connectivity index (χ4n) is 1.68. The zero-order chi connectivity index (χ0) is 14.0. The van der Waals surface area contributed by atoms with E-state index in [9.17, 15) is 0 Å². The van der Waals surface area contributed by atoms with Crippen molar-refractivity contribution in [3.05, 3.63) is 23.1 Å². The van der Waals surface area contributed by atoms with Crippen LogP contribution in [0.5, 0.6) is 0 Å². The topological polar surface area (TPSA) is 93.7 Å². The lowest BCUT2D eigenvalue weighted by molar-refractivity contribution is 0.713. The summed E-state index contributed by atoms with van der Waals surface area (Å²) in [6.45, 7) is 4.14. The summed E-state index contributed by atoms with van der Waals surface area (Å²) in [6, 6.07) is 0. The van der Waals surface area contributed by atoms with Gasteiger partial charge in [0.25, 0.3) is 0 Å². The van der Waals surface area contributed by atoms with E-state index in [1.54, 1.807) is 4.68 Å². The Balaban J connectivity index is 2.35. The van der Waals surface area contributed by atoms with Crippen molar-refractivity contribution in [2.24, 2.45) is 12.9 Å². The average molecular weight is 282 g/mol. The molecule has 0 amide bonds. The summed E-state index contributed by atoms with van der Waals surface area (Å²) in [4.78, 5) is 8.09. The lowest BCUT2D eigenvalue weighted by Crippen LogP contribution is -2.11. The second kappa shape index (κ2) is 5.41. The van der Waals surface area contributed by atoms with Gasteiger partial charge in [0, 0.05) is 13.2 Å². The van der Waals surface area contributed by atoms with Crippen LogP contribution in [0, 0.1) is 0 Å². The van der Waals surface area contributed by atoms with Gasteiger partial charge >= 0.3 is 0 Å². The van der Waals surface area contributed by atoms with E-state index in [0.29, 0.717) is 16.8 Å². The van der Waals surface area contributed by atoms with Gasteiger partial charge in [-0.25, -0.2) is 10.8 Å². The van der Waals surface area contributed by atoms with Crippen LogP contribution in [-0.2, 0) is 7.05 Å². The molecule has 2 aromatic rings. The van der Waals surface area contributed by atoms with Gasteiger partial charge < -0.3 is 5.32 Å². The SMILES string of the molecule is CC(C)c1nn(C)cc1Nc1nc(NN)ncc1Cl. The highest BCUT2D eigenvalue weighted by atomic mass is 35.5. The van der Waals surface area contributed by atoms with E-state index in [2.05, 4.69) is 39.7 Å². The highest BCUT2D eigenvalue weighted by Gasteiger charge is 2.14. The van der Waals surface area contributed by atoms with Crippen LogP contribution in [0.1, 0.15) is 25.5 Å². The molecule has 0 unspecified atom stereocenters. The van der Waals surface area contributed by atoms with Gasteiger partial charge in [-0.05, 0) is 5.92 Å². The van der Waals surface area contributed by atoms with Crippen LogP contribution >= 0.6 is 11.6 Å². The van der Waals surface area contributed by atoms with Crippen molar-refractivity contribution in [2.75, 3.05) is 10.7 Å². The molecule has 0 radical (unpaired) electrons. The first-order valence-corrected chi connectivity index (χ1v) is 6.18. The molecule has 0 bridgehead atoms. The number of nitrogen functional groups attached to an aromatic ring is 1. The number of hydrazine groups is 1. The standard InChI is InChI=1S/C11H16ClN7/c1-6(2)9-8(5-19(3)18-9)15-10-7(12)4-14-11(16-10)17-13/h4-6H,13H2,1-3H3,(H2,14,15,16,17). The van der Waals surface area contributed by atoms with Crippen molar-refractivity contribution in [1.29, 1.82) is 0 Å². The molecule has 7 nitrogen and oxygen atoms in total. The van der Waals surface area contributed by atoms with Crippen LogP contribution in [0.2, 0.25) is 5.02 Å². The lowest BCUT2D eigenvalue weighted by atomic mass is 10.1. The van der Waals surface area contributed by atoms with Gasteiger partial charge in [0.05, 0.1) is 17.6 Å². The number of anilines is 3. The van der Waals surface area contributed by atoms with E-state index in [0.717, 1.165) is 11.4 Å². The number of nitrogens with one attached hydrogen (secondary N) is 2. The predicted molar refractivity (Wildman–Crippen MR) is 75.4 cm³/mol. The molecule has 0 atom stereocenters. The Morgan fingerprint density at radius 1 is 1.42 bits per heavy atom. The van der Waals surface area contributed by atoms with Gasteiger partial charge in [-0.1, -0.05) is 25.4 Å². The summed E-state index contributed by atoms with van der Waals surface area (Å²) < 4.78 is 1.74. The summed E-state index contributed by atoms with van der Waals surface area (Å²) in [5.41, 5.74) is 4.19. The van der Waals surface area contributed by atoms with Gasteiger partial charge in [-0.2, -0.15) is 10.1 Å². The quantitative estimate of drug-likeness (QED) is 0.586. The number of nitrogens with two attached hydrogens (primary N) is 1. The predicted octanol–water partition coefficient (Wildman–Crippen LogP) is 2.02. The Kier molecular flexibility index (Phi) is 3.87. The smallest absolute Gasteiger partial charge is 0.239 e.